The summed E-state index contributed by atoms with van der Waals surface area (Å²) >= 11 is 3.02. The second-order valence-corrected chi connectivity index (χ2v) is 5.31. The van der Waals surface area contributed by atoms with Crippen molar-refractivity contribution in [2.24, 2.45) is 0 Å². The summed E-state index contributed by atoms with van der Waals surface area (Å²) in [7, 11) is 1.38. The predicted molar refractivity (Wildman–Crippen MR) is 70.1 cm³/mol. The van der Waals surface area contributed by atoms with Gasteiger partial charge in [0, 0.05) is 11.3 Å². The van der Waals surface area contributed by atoms with Crippen molar-refractivity contribution in [3.63, 3.8) is 0 Å². The molecule has 0 aromatic heterocycles. The molecule has 0 fully saturated rings. The topological polar surface area (TPSA) is 35.5 Å². The standard InChI is InChI=1S/C11H10BrF3O3S/c1-17-9-5-7(6-16)4-8(12)10(9)18-2-3-19-11(13,14)15/h4-6H,2-3H2,1H3. The van der Waals surface area contributed by atoms with Gasteiger partial charge in [-0.15, -0.1) is 0 Å². The van der Waals surface area contributed by atoms with Crippen molar-refractivity contribution in [1.82, 2.24) is 0 Å². The van der Waals surface area contributed by atoms with Gasteiger partial charge in [0.2, 0.25) is 0 Å². The van der Waals surface area contributed by atoms with Crippen LogP contribution in [-0.4, -0.2) is 31.3 Å². The van der Waals surface area contributed by atoms with E-state index in [0.29, 0.717) is 16.3 Å². The van der Waals surface area contributed by atoms with Crippen LogP contribution < -0.4 is 9.47 Å². The minimum absolute atomic E-state index is 0.125. The zero-order chi connectivity index (χ0) is 14.5. The van der Waals surface area contributed by atoms with Crippen LogP contribution in [0.15, 0.2) is 16.6 Å². The van der Waals surface area contributed by atoms with Crippen LogP contribution in [0.5, 0.6) is 11.5 Å². The van der Waals surface area contributed by atoms with E-state index in [1.807, 2.05) is 0 Å². The van der Waals surface area contributed by atoms with Gasteiger partial charge in [0.05, 0.1) is 18.2 Å². The summed E-state index contributed by atoms with van der Waals surface area (Å²) in [5, 5.41) is 0. The Morgan fingerprint density at radius 3 is 2.63 bits per heavy atom. The van der Waals surface area contributed by atoms with Crippen LogP contribution in [-0.2, 0) is 0 Å². The first-order valence-corrected chi connectivity index (χ1v) is 6.81. The van der Waals surface area contributed by atoms with Gasteiger partial charge in [0.25, 0.3) is 0 Å². The smallest absolute Gasteiger partial charge is 0.441 e. The van der Waals surface area contributed by atoms with E-state index in [-0.39, 0.29) is 35.6 Å². The van der Waals surface area contributed by atoms with Crippen molar-refractivity contribution >= 4 is 34.0 Å². The number of carbonyl (C=O) groups is 1. The Hall–Kier alpha value is -0.890. The van der Waals surface area contributed by atoms with E-state index < -0.39 is 5.51 Å². The summed E-state index contributed by atoms with van der Waals surface area (Å²) in [5.41, 5.74) is -3.90. The lowest BCUT2D eigenvalue weighted by atomic mass is 10.2. The van der Waals surface area contributed by atoms with Gasteiger partial charge in [-0.3, -0.25) is 4.79 Å². The van der Waals surface area contributed by atoms with E-state index in [4.69, 9.17) is 9.47 Å². The number of carbonyl (C=O) groups excluding carboxylic acids is 1. The molecule has 0 aliphatic rings. The van der Waals surface area contributed by atoms with Crippen LogP contribution in [0.1, 0.15) is 10.4 Å². The Morgan fingerprint density at radius 2 is 2.11 bits per heavy atom. The third-order valence-electron chi connectivity index (χ3n) is 1.98. The fourth-order valence-electron chi connectivity index (χ4n) is 1.25. The maximum atomic E-state index is 11.9. The summed E-state index contributed by atoms with van der Waals surface area (Å²) < 4.78 is 46.5. The first kappa shape index (κ1) is 16.2. The van der Waals surface area contributed by atoms with Gasteiger partial charge in [-0.25, -0.2) is 0 Å². The molecule has 1 rings (SSSR count). The molecule has 0 atom stereocenters. The zero-order valence-corrected chi connectivity index (χ0v) is 12.2. The third kappa shape index (κ3) is 5.32. The summed E-state index contributed by atoms with van der Waals surface area (Å²) in [6, 6.07) is 2.95. The highest BCUT2D eigenvalue weighted by Crippen LogP contribution is 2.37. The lowest BCUT2D eigenvalue weighted by Crippen LogP contribution is -2.08. The first-order valence-electron chi connectivity index (χ1n) is 5.03. The van der Waals surface area contributed by atoms with Crippen molar-refractivity contribution < 1.29 is 27.4 Å². The maximum Gasteiger partial charge on any atom is 0.441 e. The fraction of sp³-hybridized carbons (Fsp3) is 0.364. The molecule has 0 aliphatic carbocycles. The minimum Gasteiger partial charge on any atom is -0.493 e. The minimum atomic E-state index is -4.27. The number of thioether (sulfide) groups is 1. The van der Waals surface area contributed by atoms with E-state index in [1.165, 1.54) is 19.2 Å². The molecule has 0 saturated carbocycles. The molecule has 0 heterocycles. The number of halogens is 4. The highest BCUT2D eigenvalue weighted by molar-refractivity contribution is 9.10. The Morgan fingerprint density at radius 1 is 1.42 bits per heavy atom. The maximum absolute atomic E-state index is 11.9. The molecule has 19 heavy (non-hydrogen) atoms. The van der Waals surface area contributed by atoms with Crippen LogP contribution in [0.3, 0.4) is 0 Å². The quantitative estimate of drug-likeness (QED) is 0.570. The van der Waals surface area contributed by atoms with Crippen LogP contribution in [0.2, 0.25) is 0 Å². The van der Waals surface area contributed by atoms with Gasteiger partial charge >= 0.3 is 5.51 Å². The molecule has 8 heteroatoms. The molecule has 3 nitrogen and oxygen atoms in total. The molecule has 0 saturated heterocycles. The molecule has 0 aliphatic heterocycles. The summed E-state index contributed by atoms with van der Waals surface area (Å²) in [5.74, 6) is 0.332. The monoisotopic (exact) mass is 358 g/mol. The zero-order valence-electron chi connectivity index (χ0n) is 9.79. The summed E-state index contributed by atoms with van der Waals surface area (Å²) in [4.78, 5) is 10.7. The number of methoxy groups -OCH3 is 1. The largest absolute Gasteiger partial charge is 0.493 e. The second kappa shape index (κ2) is 7.04. The lowest BCUT2D eigenvalue weighted by Gasteiger charge is -2.13. The Kier molecular flexibility index (Phi) is 5.99. The Bertz CT molecular complexity index is 452. The molecule has 0 amide bonds. The Labute approximate surface area is 120 Å². The average molecular weight is 359 g/mol. The van der Waals surface area contributed by atoms with Gasteiger partial charge in [-0.2, -0.15) is 13.2 Å². The molecule has 0 N–H and O–H groups in total. The van der Waals surface area contributed by atoms with Gasteiger partial charge in [0.1, 0.15) is 6.29 Å². The van der Waals surface area contributed by atoms with Crippen molar-refractivity contribution in [2.75, 3.05) is 19.5 Å². The molecule has 0 radical (unpaired) electrons. The predicted octanol–water partition coefficient (Wildman–Crippen LogP) is 3.90. The van der Waals surface area contributed by atoms with Gasteiger partial charge in [0.15, 0.2) is 11.5 Å². The highest BCUT2D eigenvalue weighted by Gasteiger charge is 2.27. The molecule has 0 bridgehead atoms. The van der Waals surface area contributed by atoms with Crippen LogP contribution >= 0.6 is 27.7 Å². The molecular weight excluding hydrogens is 349 g/mol. The number of aldehydes is 1. The molecule has 1 aromatic carbocycles. The number of alkyl halides is 3. The molecule has 0 unspecified atom stereocenters. The van der Waals surface area contributed by atoms with E-state index in [9.17, 15) is 18.0 Å². The normalized spacial score (nSPS) is 11.2. The third-order valence-corrected chi connectivity index (χ3v) is 3.27. The first-order chi connectivity index (χ1) is 8.87. The van der Waals surface area contributed by atoms with Crippen LogP contribution in [0.4, 0.5) is 13.2 Å². The second-order valence-electron chi connectivity index (χ2n) is 3.29. The van der Waals surface area contributed by atoms with Crippen LogP contribution in [0.25, 0.3) is 0 Å². The van der Waals surface area contributed by atoms with E-state index in [2.05, 4.69) is 15.9 Å². The molecular formula is C11H10BrF3O3S. The van der Waals surface area contributed by atoms with Gasteiger partial charge < -0.3 is 9.47 Å². The SMILES string of the molecule is COc1cc(C=O)cc(Br)c1OCCSC(F)(F)F. The number of hydrogen-bond acceptors (Lipinski definition) is 4. The van der Waals surface area contributed by atoms with Crippen molar-refractivity contribution in [3.8, 4) is 11.5 Å². The van der Waals surface area contributed by atoms with Gasteiger partial charge in [-0.05, 0) is 39.8 Å². The number of rotatable bonds is 6. The molecule has 0 spiro atoms. The highest BCUT2D eigenvalue weighted by atomic mass is 79.9. The average Bonchev–Trinajstić information content (AvgIpc) is 2.34. The van der Waals surface area contributed by atoms with Crippen molar-refractivity contribution in [1.29, 1.82) is 0 Å². The number of benzene rings is 1. The number of ether oxygens (including phenoxy) is 2. The molecule has 1 aromatic rings. The Balaban J connectivity index is 2.70. The summed E-state index contributed by atoms with van der Waals surface area (Å²) in [6.07, 6.45) is 0.635. The fourth-order valence-corrected chi connectivity index (χ4v) is 2.22. The number of hydrogen-bond donors (Lipinski definition) is 0. The van der Waals surface area contributed by atoms with Crippen LogP contribution in [0, 0.1) is 0 Å². The van der Waals surface area contributed by atoms with Crippen molar-refractivity contribution in [3.05, 3.63) is 22.2 Å². The van der Waals surface area contributed by atoms with E-state index in [1.54, 1.807) is 0 Å². The lowest BCUT2D eigenvalue weighted by molar-refractivity contribution is -0.0329. The van der Waals surface area contributed by atoms with Gasteiger partial charge in [-0.1, -0.05) is 0 Å². The summed E-state index contributed by atoms with van der Waals surface area (Å²) in [6.45, 7) is -0.125. The molecule has 106 valence electrons. The van der Waals surface area contributed by atoms with Crippen molar-refractivity contribution in [2.45, 2.75) is 5.51 Å². The van der Waals surface area contributed by atoms with E-state index in [0.717, 1.165) is 0 Å². The van der Waals surface area contributed by atoms with E-state index >= 15 is 0 Å².